The lowest BCUT2D eigenvalue weighted by molar-refractivity contribution is 0.104. The molecule has 1 aromatic heterocycles. The van der Waals surface area contributed by atoms with E-state index in [-0.39, 0.29) is 33.3 Å². The fraction of sp³-hybridized carbons (Fsp3) is 0. The van der Waals surface area contributed by atoms with Gasteiger partial charge in [-0.3, -0.25) is 9.59 Å². The topological polar surface area (TPSA) is 67.5 Å². The van der Waals surface area contributed by atoms with Crippen LogP contribution >= 0.6 is 0 Å². The summed E-state index contributed by atoms with van der Waals surface area (Å²) in [6, 6.07) is 2.54. The van der Waals surface area contributed by atoms with Crippen molar-refractivity contribution in [2.24, 2.45) is 0 Å². The Labute approximate surface area is 102 Å². The number of ketones is 1. The molecule has 1 aromatic carbocycles. The van der Waals surface area contributed by atoms with Gasteiger partial charge in [-0.1, -0.05) is 19.2 Å². The number of fused-ring (bicyclic) bond motifs is 1. The molecule has 2 rings (SSSR count). The Balaban J connectivity index is 3.00. The van der Waals surface area contributed by atoms with Crippen molar-refractivity contribution in [3.8, 4) is 5.75 Å². The van der Waals surface area contributed by atoms with Gasteiger partial charge in [0.05, 0.1) is 22.8 Å². The van der Waals surface area contributed by atoms with Crippen LogP contribution in [-0.4, -0.2) is 10.9 Å². The quantitative estimate of drug-likeness (QED) is 0.663. The zero-order chi connectivity index (χ0) is 13.3. The molecule has 0 atom stereocenters. The van der Waals surface area contributed by atoms with Gasteiger partial charge in [0.1, 0.15) is 11.3 Å². The maximum atomic E-state index is 11.7. The van der Waals surface area contributed by atoms with E-state index < -0.39 is 5.78 Å². The van der Waals surface area contributed by atoms with Crippen LogP contribution in [0.4, 0.5) is 0 Å². The first-order chi connectivity index (χ1) is 8.60. The number of phenols is 1. The molecule has 0 unspecified atom stereocenters. The Morgan fingerprint density at radius 3 is 2.72 bits per heavy atom. The molecule has 1 N–H and O–H groups in total. The van der Waals surface area contributed by atoms with Gasteiger partial charge in [-0.15, -0.1) is 0 Å². The average Bonchev–Trinajstić information content (AvgIpc) is 2.38. The van der Waals surface area contributed by atoms with E-state index in [1.165, 1.54) is 24.5 Å². The molecule has 0 aliphatic heterocycles. The summed E-state index contributed by atoms with van der Waals surface area (Å²) in [5.74, 6) is -0.738. The molecule has 1 heterocycles. The molecule has 0 aliphatic carbocycles. The predicted octanol–water partition coefficient (Wildman–Crippen LogP) is 2.51. The van der Waals surface area contributed by atoms with Crippen molar-refractivity contribution in [3.63, 3.8) is 0 Å². The van der Waals surface area contributed by atoms with Gasteiger partial charge in [0.25, 0.3) is 0 Å². The summed E-state index contributed by atoms with van der Waals surface area (Å²) in [5.41, 5.74) is 0.134. The minimum atomic E-state index is -0.472. The Morgan fingerprint density at radius 1 is 1.39 bits per heavy atom. The highest BCUT2D eigenvalue weighted by atomic mass is 16.3. The number of benzene rings is 1. The number of rotatable bonds is 3. The summed E-state index contributed by atoms with van der Waals surface area (Å²) in [6.07, 6.45) is 3.63. The fourth-order valence-corrected chi connectivity index (χ4v) is 1.73. The molecule has 0 spiro atoms. The lowest BCUT2D eigenvalue weighted by atomic mass is 10.0. The minimum Gasteiger partial charge on any atom is -0.506 e. The Morgan fingerprint density at radius 2 is 2.11 bits per heavy atom. The normalized spacial score (nSPS) is 10.2. The monoisotopic (exact) mass is 242 g/mol. The molecule has 0 aliphatic rings. The molecular weight excluding hydrogens is 232 g/mol. The van der Waals surface area contributed by atoms with Gasteiger partial charge in [0.15, 0.2) is 11.2 Å². The number of allylic oxidation sites excluding steroid dienone is 1. The van der Waals surface area contributed by atoms with Crippen LogP contribution in [0.15, 0.2) is 46.8 Å². The number of carbonyl (C=O) groups excluding carboxylic acids is 1. The van der Waals surface area contributed by atoms with Gasteiger partial charge in [0.2, 0.25) is 0 Å². The zero-order valence-corrected chi connectivity index (χ0v) is 9.47. The van der Waals surface area contributed by atoms with Crippen LogP contribution in [0.1, 0.15) is 15.9 Å². The summed E-state index contributed by atoms with van der Waals surface area (Å²) < 4.78 is 5.20. The molecular formula is C14H10O4. The average molecular weight is 242 g/mol. The summed E-state index contributed by atoms with van der Waals surface area (Å²) in [4.78, 5) is 23.3. The maximum Gasteiger partial charge on any atom is 0.192 e. The molecule has 4 heteroatoms. The first-order valence-electron chi connectivity index (χ1n) is 5.16. The minimum absolute atomic E-state index is 0.00546. The third-order valence-corrected chi connectivity index (χ3v) is 2.61. The number of hydrogen-bond acceptors (Lipinski definition) is 4. The molecule has 2 aromatic rings. The van der Waals surface area contributed by atoms with Crippen LogP contribution < -0.4 is 5.43 Å². The number of carbonyl (C=O) groups is 1. The van der Waals surface area contributed by atoms with E-state index in [1.807, 2.05) is 0 Å². The highest BCUT2D eigenvalue weighted by Crippen LogP contribution is 2.31. The van der Waals surface area contributed by atoms with E-state index in [1.54, 1.807) is 0 Å². The van der Waals surface area contributed by atoms with E-state index >= 15 is 0 Å². The molecule has 0 bridgehead atoms. The Kier molecular flexibility index (Phi) is 2.85. The summed E-state index contributed by atoms with van der Waals surface area (Å²) in [7, 11) is 0. The second-order valence-electron chi connectivity index (χ2n) is 3.62. The van der Waals surface area contributed by atoms with Crippen molar-refractivity contribution >= 4 is 22.8 Å². The Hall–Kier alpha value is -2.62. The number of phenolic OH excluding ortho intramolecular Hbond substituents is 1. The standard InChI is InChI=1S/C14H10O4/c1-3-8-13(17)9(11(15)4-2)7-10-12(16)5-6-18-14(8)10/h3-7,17H,1-2H2. The largest absolute Gasteiger partial charge is 0.506 e. The number of aromatic hydroxyl groups is 1. The fourth-order valence-electron chi connectivity index (χ4n) is 1.73. The molecule has 0 radical (unpaired) electrons. The highest BCUT2D eigenvalue weighted by Gasteiger charge is 2.17. The first-order valence-corrected chi connectivity index (χ1v) is 5.16. The van der Waals surface area contributed by atoms with Gasteiger partial charge < -0.3 is 9.52 Å². The number of hydrogen-bond donors (Lipinski definition) is 1. The van der Waals surface area contributed by atoms with Crippen LogP contribution in [-0.2, 0) is 0 Å². The van der Waals surface area contributed by atoms with E-state index in [4.69, 9.17) is 4.42 Å². The molecule has 4 nitrogen and oxygen atoms in total. The van der Waals surface area contributed by atoms with Gasteiger partial charge in [-0.2, -0.15) is 0 Å². The molecule has 0 amide bonds. The molecule has 90 valence electrons. The van der Waals surface area contributed by atoms with Gasteiger partial charge in [0, 0.05) is 6.07 Å². The summed E-state index contributed by atoms with van der Waals surface area (Å²) >= 11 is 0. The second-order valence-corrected chi connectivity index (χ2v) is 3.62. The van der Waals surface area contributed by atoms with Crippen LogP contribution in [0, 0.1) is 0 Å². The lowest BCUT2D eigenvalue weighted by Gasteiger charge is -2.07. The van der Waals surface area contributed by atoms with Crippen LogP contribution in [0.2, 0.25) is 0 Å². The third-order valence-electron chi connectivity index (χ3n) is 2.61. The van der Waals surface area contributed by atoms with Gasteiger partial charge in [-0.05, 0) is 12.1 Å². The van der Waals surface area contributed by atoms with Crippen molar-refractivity contribution in [3.05, 3.63) is 59.0 Å². The Bertz CT molecular complexity index is 722. The van der Waals surface area contributed by atoms with Crippen molar-refractivity contribution in [2.75, 3.05) is 0 Å². The smallest absolute Gasteiger partial charge is 0.192 e. The van der Waals surface area contributed by atoms with Gasteiger partial charge >= 0.3 is 0 Å². The molecule has 0 saturated carbocycles. The molecule has 18 heavy (non-hydrogen) atoms. The van der Waals surface area contributed by atoms with E-state index in [0.29, 0.717) is 0 Å². The highest BCUT2D eigenvalue weighted by molar-refractivity contribution is 6.09. The summed E-state index contributed by atoms with van der Waals surface area (Å²) in [5, 5.41) is 10.2. The van der Waals surface area contributed by atoms with Gasteiger partial charge in [-0.25, -0.2) is 0 Å². The van der Waals surface area contributed by atoms with Crippen molar-refractivity contribution in [1.29, 1.82) is 0 Å². The first kappa shape index (κ1) is 11.9. The predicted molar refractivity (Wildman–Crippen MR) is 68.8 cm³/mol. The second kappa shape index (κ2) is 4.33. The van der Waals surface area contributed by atoms with Crippen LogP contribution in [0.5, 0.6) is 5.75 Å². The zero-order valence-electron chi connectivity index (χ0n) is 9.47. The van der Waals surface area contributed by atoms with Crippen molar-refractivity contribution in [1.82, 2.24) is 0 Å². The third kappa shape index (κ3) is 1.64. The summed E-state index contributed by atoms with van der Waals surface area (Å²) in [6.45, 7) is 6.89. The molecule has 0 saturated heterocycles. The van der Waals surface area contributed by atoms with E-state index in [0.717, 1.165) is 6.08 Å². The van der Waals surface area contributed by atoms with Crippen molar-refractivity contribution in [2.45, 2.75) is 0 Å². The van der Waals surface area contributed by atoms with Crippen molar-refractivity contribution < 1.29 is 14.3 Å². The SMILES string of the molecule is C=CC(=O)c1cc2c(=O)ccoc2c(C=C)c1O. The maximum absolute atomic E-state index is 11.7. The molecule has 0 fully saturated rings. The van der Waals surface area contributed by atoms with Crippen LogP contribution in [0.3, 0.4) is 0 Å². The lowest BCUT2D eigenvalue weighted by Crippen LogP contribution is -2.03. The van der Waals surface area contributed by atoms with Crippen LogP contribution in [0.25, 0.3) is 17.0 Å². The van der Waals surface area contributed by atoms with E-state index in [2.05, 4.69) is 13.2 Å². The van der Waals surface area contributed by atoms with E-state index in [9.17, 15) is 14.7 Å².